The van der Waals surface area contributed by atoms with E-state index in [0.29, 0.717) is 11.4 Å². The Morgan fingerprint density at radius 1 is 0.897 bits per heavy atom. The summed E-state index contributed by atoms with van der Waals surface area (Å²) in [6, 6.07) is 15.3. The second-order valence-electron chi connectivity index (χ2n) is 7.93. The lowest BCUT2D eigenvalue weighted by molar-refractivity contribution is -0.123. The Labute approximate surface area is 172 Å². The summed E-state index contributed by atoms with van der Waals surface area (Å²) in [6.07, 6.45) is 2.21. The van der Waals surface area contributed by atoms with Gasteiger partial charge in [0.2, 0.25) is 11.8 Å². The average Bonchev–Trinajstić information content (AvgIpc) is 2.69. The van der Waals surface area contributed by atoms with Crippen LogP contribution in [0.5, 0.6) is 0 Å². The van der Waals surface area contributed by atoms with E-state index in [9.17, 15) is 9.59 Å². The van der Waals surface area contributed by atoms with Crippen molar-refractivity contribution in [1.29, 1.82) is 0 Å². The lowest BCUT2D eigenvalue weighted by Crippen LogP contribution is -2.32. The van der Waals surface area contributed by atoms with Crippen LogP contribution in [-0.2, 0) is 9.59 Å². The molecular formula is C23H30N4O2. The number of hydrogen-bond acceptors (Lipinski definition) is 4. The smallest absolute Gasteiger partial charge is 0.233 e. The van der Waals surface area contributed by atoms with Gasteiger partial charge in [0.25, 0.3) is 0 Å². The maximum Gasteiger partial charge on any atom is 0.233 e. The fourth-order valence-electron chi connectivity index (χ4n) is 3.42. The molecule has 2 aromatic rings. The van der Waals surface area contributed by atoms with Gasteiger partial charge in [0.1, 0.15) is 6.42 Å². The molecule has 2 N–H and O–H groups in total. The number of amides is 2. The first kappa shape index (κ1) is 20.7. The van der Waals surface area contributed by atoms with Crippen LogP contribution in [0, 0.1) is 5.92 Å². The Morgan fingerprint density at radius 2 is 1.38 bits per heavy atom. The first-order valence-electron chi connectivity index (χ1n) is 10.1. The zero-order chi connectivity index (χ0) is 20.8. The third-order valence-corrected chi connectivity index (χ3v) is 5.29. The summed E-state index contributed by atoms with van der Waals surface area (Å²) in [5.74, 6) is 0.132. The van der Waals surface area contributed by atoms with Crippen molar-refractivity contribution in [3.8, 4) is 0 Å². The summed E-state index contributed by atoms with van der Waals surface area (Å²) < 4.78 is 0. The molecule has 1 heterocycles. The number of piperidine rings is 1. The van der Waals surface area contributed by atoms with Crippen LogP contribution in [0.2, 0.25) is 0 Å². The van der Waals surface area contributed by atoms with Crippen molar-refractivity contribution in [1.82, 2.24) is 0 Å². The van der Waals surface area contributed by atoms with E-state index in [0.717, 1.165) is 24.7 Å². The number of hydrogen-bond donors (Lipinski definition) is 2. The molecule has 0 unspecified atom stereocenters. The largest absolute Gasteiger partial charge is 0.378 e. The van der Waals surface area contributed by atoms with Crippen LogP contribution in [0.15, 0.2) is 48.5 Å². The summed E-state index contributed by atoms with van der Waals surface area (Å²) >= 11 is 0. The molecule has 3 rings (SSSR count). The summed E-state index contributed by atoms with van der Waals surface area (Å²) in [5.41, 5.74) is 3.60. The molecule has 2 aromatic carbocycles. The predicted octanol–water partition coefficient (Wildman–Crippen LogP) is 3.96. The van der Waals surface area contributed by atoms with Gasteiger partial charge in [-0.1, -0.05) is 6.92 Å². The number of rotatable bonds is 6. The second-order valence-corrected chi connectivity index (χ2v) is 7.93. The monoisotopic (exact) mass is 394 g/mol. The number of nitrogens with zero attached hydrogens (tertiary/aromatic N) is 2. The molecule has 0 atom stereocenters. The summed E-state index contributed by atoms with van der Waals surface area (Å²) in [7, 11) is 3.91. The van der Waals surface area contributed by atoms with Crippen LogP contribution in [0.1, 0.15) is 26.2 Å². The first-order chi connectivity index (χ1) is 13.9. The number of carbonyl (C=O) groups excluding carboxylic acids is 2. The summed E-state index contributed by atoms with van der Waals surface area (Å²) in [6.45, 7) is 4.44. The zero-order valence-electron chi connectivity index (χ0n) is 17.4. The highest BCUT2D eigenvalue weighted by molar-refractivity contribution is 6.08. The normalized spacial score (nSPS) is 14.4. The van der Waals surface area contributed by atoms with Crippen LogP contribution >= 0.6 is 0 Å². The predicted molar refractivity (Wildman–Crippen MR) is 120 cm³/mol. The van der Waals surface area contributed by atoms with Crippen LogP contribution in [0.25, 0.3) is 0 Å². The average molecular weight is 395 g/mol. The van der Waals surface area contributed by atoms with Gasteiger partial charge in [-0.05, 0) is 67.3 Å². The van der Waals surface area contributed by atoms with Crippen LogP contribution in [-0.4, -0.2) is 39.0 Å². The summed E-state index contributed by atoms with van der Waals surface area (Å²) in [5, 5.41) is 5.55. The molecule has 6 nitrogen and oxygen atoms in total. The van der Waals surface area contributed by atoms with E-state index < -0.39 is 0 Å². The van der Waals surface area contributed by atoms with E-state index in [1.54, 1.807) is 0 Å². The van der Waals surface area contributed by atoms with Gasteiger partial charge in [-0.2, -0.15) is 0 Å². The van der Waals surface area contributed by atoms with Gasteiger partial charge in [-0.15, -0.1) is 0 Å². The van der Waals surface area contributed by atoms with Gasteiger partial charge in [0, 0.05) is 49.9 Å². The molecule has 29 heavy (non-hydrogen) atoms. The van der Waals surface area contributed by atoms with E-state index in [1.807, 2.05) is 67.5 Å². The molecular weight excluding hydrogens is 364 g/mol. The van der Waals surface area contributed by atoms with Crippen molar-refractivity contribution in [2.75, 3.05) is 47.6 Å². The molecule has 0 aliphatic carbocycles. The highest BCUT2D eigenvalue weighted by Gasteiger charge is 2.16. The van der Waals surface area contributed by atoms with Crippen LogP contribution in [0.3, 0.4) is 0 Å². The lowest BCUT2D eigenvalue weighted by atomic mass is 9.99. The minimum absolute atomic E-state index is 0.221. The third-order valence-electron chi connectivity index (χ3n) is 5.29. The maximum atomic E-state index is 12.2. The van der Waals surface area contributed by atoms with Crippen LogP contribution < -0.4 is 20.4 Å². The van der Waals surface area contributed by atoms with Crippen molar-refractivity contribution in [2.45, 2.75) is 26.2 Å². The third kappa shape index (κ3) is 5.98. The van der Waals surface area contributed by atoms with Gasteiger partial charge in [0.05, 0.1) is 0 Å². The number of nitrogens with one attached hydrogen (secondary N) is 2. The fourth-order valence-corrected chi connectivity index (χ4v) is 3.42. The van der Waals surface area contributed by atoms with Gasteiger partial charge < -0.3 is 20.4 Å². The molecule has 1 fully saturated rings. The quantitative estimate of drug-likeness (QED) is 0.728. The van der Waals surface area contributed by atoms with Gasteiger partial charge in [0.15, 0.2) is 0 Å². The zero-order valence-corrected chi connectivity index (χ0v) is 17.4. The molecule has 0 spiro atoms. The standard InChI is InChI=1S/C23H30N4O2/c1-17-12-14-27(15-13-17)21-10-6-19(7-11-21)25-23(29)16-22(28)24-18-4-8-20(9-5-18)26(2)3/h4-11,17H,12-16H2,1-3H3,(H,24,28)(H,25,29). The van der Waals surface area contributed by atoms with Crippen molar-refractivity contribution >= 4 is 34.6 Å². The molecule has 0 bridgehead atoms. The number of anilines is 4. The van der Waals surface area contributed by atoms with Crippen LogP contribution in [0.4, 0.5) is 22.7 Å². The molecule has 1 aliphatic rings. The minimum atomic E-state index is -0.334. The highest BCUT2D eigenvalue weighted by Crippen LogP contribution is 2.24. The molecule has 0 aromatic heterocycles. The molecule has 1 aliphatic heterocycles. The fraction of sp³-hybridized carbons (Fsp3) is 0.391. The maximum absolute atomic E-state index is 12.2. The van der Waals surface area contributed by atoms with Crippen molar-refractivity contribution in [2.24, 2.45) is 5.92 Å². The van der Waals surface area contributed by atoms with Gasteiger partial charge in [-0.3, -0.25) is 9.59 Å². The van der Waals surface area contributed by atoms with E-state index in [2.05, 4.69) is 22.5 Å². The Balaban J connectivity index is 1.47. The molecule has 0 radical (unpaired) electrons. The van der Waals surface area contributed by atoms with Crippen molar-refractivity contribution in [3.05, 3.63) is 48.5 Å². The second kappa shape index (κ2) is 9.45. The Bertz CT molecular complexity index is 823. The first-order valence-corrected chi connectivity index (χ1v) is 10.1. The van der Waals surface area contributed by atoms with E-state index in [1.165, 1.54) is 18.5 Å². The molecule has 2 amide bonds. The minimum Gasteiger partial charge on any atom is -0.378 e. The lowest BCUT2D eigenvalue weighted by Gasteiger charge is -2.32. The molecule has 1 saturated heterocycles. The Hall–Kier alpha value is -3.02. The Kier molecular flexibility index (Phi) is 6.75. The Morgan fingerprint density at radius 3 is 1.86 bits per heavy atom. The molecule has 6 heteroatoms. The van der Waals surface area contributed by atoms with Gasteiger partial charge >= 0.3 is 0 Å². The number of benzene rings is 2. The van der Waals surface area contributed by atoms with E-state index in [-0.39, 0.29) is 18.2 Å². The van der Waals surface area contributed by atoms with E-state index >= 15 is 0 Å². The summed E-state index contributed by atoms with van der Waals surface area (Å²) in [4.78, 5) is 28.7. The van der Waals surface area contributed by atoms with Crippen molar-refractivity contribution < 1.29 is 9.59 Å². The van der Waals surface area contributed by atoms with Crippen molar-refractivity contribution in [3.63, 3.8) is 0 Å². The SMILES string of the molecule is CC1CCN(c2ccc(NC(=O)CC(=O)Nc3ccc(N(C)C)cc3)cc2)CC1. The van der Waals surface area contributed by atoms with E-state index in [4.69, 9.17) is 0 Å². The highest BCUT2D eigenvalue weighted by atomic mass is 16.2. The topological polar surface area (TPSA) is 64.7 Å². The molecule has 0 saturated carbocycles. The number of carbonyl (C=O) groups is 2. The molecule has 154 valence electrons. The van der Waals surface area contributed by atoms with Gasteiger partial charge in [-0.25, -0.2) is 0 Å².